The maximum absolute atomic E-state index is 13.6. The molecule has 224 valence electrons. The van der Waals surface area contributed by atoms with Gasteiger partial charge in [-0.3, -0.25) is 20.0 Å². The summed E-state index contributed by atoms with van der Waals surface area (Å²) in [5.74, 6) is 1.39. The normalized spacial score (nSPS) is 18.5. The average molecular weight is 573 g/mol. The molecule has 1 atom stereocenters. The standard InChI is InChI=1S/C30H38N8O2.C2H6/c1-20-6-5-13-40-29-24(17-31-36(29)4)26-16-23(14-21(2)32-26)28(39)34-30-33-25-8-7-22(15-27(25)38(30)18-20)19-37-11-9-35(3)10-12-37;1-2/h7-8,14-17,20H,5-6,9-13,18-19H2,1-4H3,(H,33,34,39);1-2H3/t20-;/m1./s1. The van der Waals surface area contributed by atoms with Gasteiger partial charge in [0.05, 0.1) is 35.1 Å². The van der Waals surface area contributed by atoms with Crippen LogP contribution in [0.4, 0.5) is 5.95 Å². The minimum absolute atomic E-state index is 0.213. The zero-order valence-electron chi connectivity index (χ0n) is 25.9. The van der Waals surface area contributed by atoms with Gasteiger partial charge in [-0.25, -0.2) is 9.67 Å². The van der Waals surface area contributed by atoms with Crippen LogP contribution in [-0.4, -0.2) is 79.9 Å². The highest BCUT2D eigenvalue weighted by molar-refractivity contribution is 6.04. The number of anilines is 1. The third kappa shape index (κ3) is 6.50. The van der Waals surface area contributed by atoms with Crippen molar-refractivity contribution in [1.82, 2.24) is 34.1 Å². The van der Waals surface area contributed by atoms with E-state index in [4.69, 9.17) is 14.7 Å². The first-order valence-corrected chi connectivity index (χ1v) is 15.2. The summed E-state index contributed by atoms with van der Waals surface area (Å²) in [7, 11) is 4.04. The van der Waals surface area contributed by atoms with Gasteiger partial charge in [-0.15, -0.1) is 0 Å². The van der Waals surface area contributed by atoms with Crippen LogP contribution in [-0.2, 0) is 20.1 Å². The second kappa shape index (κ2) is 13.0. The van der Waals surface area contributed by atoms with Crippen LogP contribution in [0.1, 0.15) is 55.2 Å². The van der Waals surface area contributed by atoms with E-state index in [0.29, 0.717) is 35.6 Å². The van der Waals surface area contributed by atoms with E-state index in [2.05, 4.69) is 57.0 Å². The number of carbonyl (C=O) groups is 1. The topological polar surface area (TPSA) is 93.3 Å². The average Bonchev–Trinajstić information content (AvgIpc) is 3.51. The molecule has 6 rings (SSSR count). The molecule has 1 amide bonds. The second-order valence-corrected chi connectivity index (χ2v) is 11.4. The fourth-order valence-corrected chi connectivity index (χ4v) is 5.70. The highest BCUT2D eigenvalue weighted by Crippen LogP contribution is 2.31. The summed E-state index contributed by atoms with van der Waals surface area (Å²) in [6.45, 7) is 14.7. The summed E-state index contributed by atoms with van der Waals surface area (Å²) in [6.07, 6.45) is 3.63. The number of likely N-dealkylation sites (N-methyl/N-ethyl adjacent to an activating group) is 1. The van der Waals surface area contributed by atoms with Crippen LogP contribution in [0, 0.1) is 12.8 Å². The van der Waals surface area contributed by atoms with Gasteiger partial charge >= 0.3 is 0 Å². The van der Waals surface area contributed by atoms with E-state index in [9.17, 15) is 4.79 Å². The zero-order chi connectivity index (χ0) is 29.8. The molecule has 0 aliphatic carbocycles. The Morgan fingerprint density at radius 2 is 1.83 bits per heavy atom. The number of nitrogens with one attached hydrogen (secondary N) is 1. The molecule has 2 aliphatic rings. The van der Waals surface area contributed by atoms with Crippen molar-refractivity contribution < 1.29 is 9.53 Å². The Morgan fingerprint density at radius 3 is 2.62 bits per heavy atom. The second-order valence-electron chi connectivity index (χ2n) is 11.4. The zero-order valence-corrected chi connectivity index (χ0v) is 25.9. The minimum atomic E-state index is -0.213. The summed E-state index contributed by atoms with van der Waals surface area (Å²) >= 11 is 0. The number of hydrogen-bond acceptors (Lipinski definition) is 7. The largest absolute Gasteiger partial charge is 0.477 e. The number of aryl methyl sites for hydroxylation is 2. The Bertz CT molecular complexity index is 1530. The van der Waals surface area contributed by atoms with E-state index < -0.39 is 0 Å². The predicted molar refractivity (Wildman–Crippen MR) is 167 cm³/mol. The molecule has 4 aromatic rings. The summed E-state index contributed by atoms with van der Waals surface area (Å²) in [5, 5.41) is 7.52. The molecule has 1 aromatic carbocycles. The smallest absolute Gasteiger partial charge is 0.258 e. The molecule has 2 aliphatic heterocycles. The molecule has 3 aromatic heterocycles. The number of benzene rings is 1. The predicted octanol–water partition coefficient (Wildman–Crippen LogP) is 4.97. The van der Waals surface area contributed by atoms with Gasteiger partial charge in [0.2, 0.25) is 11.8 Å². The van der Waals surface area contributed by atoms with Gasteiger partial charge in [0.25, 0.3) is 5.91 Å². The number of fused-ring (bicyclic) bond motifs is 7. The third-order valence-electron chi connectivity index (χ3n) is 7.99. The number of carbonyl (C=O) groups excluding carboxylic acids is 1. The number of pyridine rings is 1. The highest BCUT2D eigenvalue weighted by Gasteiger charge is 2.21. The molecule has 2 bridgehead atoms. The van der Waals surface area contributed by atoms with Gasteiger partial charge in [-0.05, 0) is 62.6 Å². The van der Waals surface area contributed by atoms with Crippen molar-refractivity contribution in [1.29, 1.82) is 0 Å². The summed E-state index contributed by atoms with van der Waals surface area (Å²) in [5.41, 5.74) is 5.93. The van der Waals surface area contributed by atoms with Gasteiger partial charge in [0, 0.05) is 57.6 Å². The van der Waals surface area contributed by atoms with Gasteiger partial charge in [-0.1, -0.05) is 26.8 Å². The molecular formula is C32H44N8O2. The van der Waals surface area contributed by atoms with E-state index in [1.54, 1.807) is 23.0 Å². The van der Waals surface area contributed by atoms with E-state index in [-0.39, 0.29) is 5.91 Å². The molecule has 42 heavy (non-hydrogen) atoms. The highest BCUT2D eigenvalue weighted by atomic mass is 16.5. The summed E-state index contributed by atoms with van der Waals surface area (Å²) in [6, 6.07) is 10.1. The third-order valence-corrected chi connectivity index (χ3v) is 7.99. The molecule has 1 saturated heterocycles. The van der Waals surface area contributed by atoms with Gasteiger partial charge in [-0.2, -0.15) is 5.10 Å². The lowest BCUT2D eigenvalue weighted by molar-refractivity contribution is 0.102. The number of imidazole rings is 1. The van der Waals surface area contributed by atoms with Crippen LogP contribution in [0.3, 0.4) is 0 Å². The molecule has 10 heteroatoms. The molecule has 5 heterocycles. The first-order chi connectivity index (χ1) is 20.3. The summed E-state index contributed by atoms with van der Waals surface area (Å²) in [4.78, 5) is 28.1. The molecule has 0 spiro atoms. The van der Waals surface area contributed by atoms with Crippen molar-refractivity contribution in [3.8, 4) is 17.1 Å². The van der Waals surface area contributed by atoms with E-state index in [1.165, 1.54) is 5.56 Å². The number of hydrogen-bond donors (Lipinski definition) is 1. The van der Waals surface area contributed by atoms with Crippen LogP contribution < -0.4 is 10.1 Å². The first-order valence-electron chi connectivity index (χ1n) is 15.2. The molecule has 1 N–H and O–H groups in total. The van der Waals surface area contributed by atoms with Gasteiger partial charge in [0.1, 0.15) is 0 Å². The van der Waals surface area contributed by atoms with Crippen LogP contribution in [0.5, 0.6) is 5.88 Å². The van der Waals surface area contributed by atoms with Crippen molar-refractivity contribution in [2.75, 3.05) is 45.2 Å². The van der Waals surface area contributed by atoms with E-state index in [1.807, 2.05) is 27.8 Å². The Kier molecular flexibility index (Phi) is 9.23. The van der Waals surface area contributed by atoms with Crippen molar-refractivity contribution in [2.45, 2.75) is 53.6 Å². The number of nitrogens with zero attached hydrogens (tertiary/aromatic N) is 7. The Morgan fingerprint density at radius 1 is 1.05 bits per heavy atom. The quantitative estimate of drug-likeness (QED) is 0.362. The van der Waals surface area contributed by atoms with Gasteiger partial charge in [0.15, 0.2) is 0 Å². The lowest BCUT2D eigenvalue weighted by Gasteiger charge is -2.32. The molecule has 0 radical (unpaired) electrons. The Hall–Kier alpha value is -3.76. The summed E-state index contributed by atoms with van der Waals surface area (Å²) < 4.78 is 10.1. The number of piperazine rings is 1. The number of amides is 1. The Balaban J connectivity index is 0.00000173. The van der Waals surface area contributed by atoms with Gasteiger partial charge < -0.3 is 14.2 Å². The van der Waals surface area contributed by atoms with Crippen molar-refractivity contribution in [3.63, 3.8) is 0 Å². The van der Waals surface area contributed by atoms with Crippen molar-refractivity contribution in [3.05, 3.63) is 53.3 Å². The number of aromatic nitrogens is 5. The molecule has 10 nitrogen and oxygen atoms in total. The Labute approximate surface area is 248 Å². The fraction of sp³-hybridized carbons (Fsp3) is 0.500. The van der Waals surface area contributed by atoms with E-state index >= 15 is 0 Å². The molecule has 0 unspecified atom stereocenters. The minimum Gasteiger partial charge on any atom is -0.477 e. The maximum Gasteiger partial charge on any atom is 0.258 e. The lowest BCUT2D eigenvalue weighted by Crippen LogP contribution is -2.43. The molecular weight excluding hydrogens is 528 g/mol. The monoisotopic (exact) mass is 572 g/mol. The van der Waals surface area contributed by atoms with Crippen LogP contribution >= 0.6 is 0 Å². The molecule has 0 saturated carbocycles. The fourth-order valence-electron chi connectivity index (χ4n) is 5.70. The number of ether oxygens (including phenoxy) is 1. The SMILES string of the molecule is CC.Cc1cc2cc(n1)-c1cnn(C)c1OCCC[C@@H](C)Cn1c(nc3ccc(CN4CCN(C)CC4)cc31)NC2=O. The maximum atomic E-state index is 13.6. The first kappa shape index (κ1) is 29.7. The van der Waals surface area contributed by atoms with E-state index in [0.717, 1.165) is 74.4 Å². The van der Waals surface area contributed by atoms with Crippen molar-refractivity contribution in [2.24, 2.45) is 13.0 Å². The lowest BCUT2D eigenvalue weighted by atomic mass is 10.1. The van der Waals surface area contributed by atoms with Crippen LogP contribution in [0.15, 0.2) is 36.5 Å². The molecule has 1 fully saturated rings. The van der Waals surface area contributed by atoms with Crippen molar-refractivity contribution >= 4 is 22.9 Å². The number of rotatable bonds is 2. The van der Waals surface area contributed by atoms with Crippen LogP contribution in [0.2, 0.25) is 0 Å². The van der Waals surface area contributed by atoms with Crippen LogP contribution in [0.25, 0.3) is 22.3 Å².